The highest BCUT2D eigenvalue weighted by Gasteiger charge is 2.23. The van der Waals surface area contributed by atoms with Crippen molar-refractivity contribution in [2.24, 2.45) is 0 Å². The number of aromatic nitrogens is 3. The van der Waals surface area contributed by atoms with Crippen molar-refractivity contribution in [1.82, 2.24) is 15.0 Å². The lowest BCUT2D eigenvalue weighted by Crippen LogP contribution is -2.31. The van der Waals surface area contributed by atoms with Crippen LogP contribution in [0.4, 0.5) is 11.6 Å². The zero-order chi connectivity index (χ0) is 23.8. The highest BCUT2D eigenvalue weighted by Crippen LogP contribution is 2.33. The highest BCUT2D eigenvalue weighted by atomic mass is 32.2. The Morgan fingerprint density at radius 1 is 1.18 bits per heavy atom. The topological polar surface area (TPSA) is 114 Å². The number of aromatic amines is 1. The molecule has 3 heterocycles. The largest absolute Gasteiger partial charge is 0.755 e. The van der Waals surface area contributed by atoms with Gasteiger partial charge in [0, 0.05) is 78.1 Å². The molecule has 0 radical (unpaired) electrons. The summed E-state index contributed by atoms with van der Waals surface area (Å²) in [6.45, 7) is 1.39. The van der Waals surface area contributed by atoms with Gasteiger partial charge in [-0.05, 0) is 35.4 Å². The molecule has 2 aromatic heterocycles. The molecular formula is C24H22N5O4S-. The van der Waals surface area contributed by atoms with Gasteiger partial charge in [-0.15, -0.1) is 0 Å². The van der Waals surface area contributed by atoms with Crippen molar-refractivity contribution < 1.29 is 18.3 Å². The van der Waals surface area contributed by atoms with Gasteiger partial charge in [-0.1, -0.05) is 18.2 Å². The summed E-state index contributed by atoms with van der Waals surface area (Å²) in [5.41, 5.74) is 6.25. The van der Waals surface area contributed by atoms with Gasteiger partial charge >= 0.3 is 5.97 Å². The number of nitrogens with one attached hydrogen (secondary N) is 1. The van der Waals surface area contributed by atoms with Crippen LogP contribution in [0.2, 0.25) is 0 Å². The first-order valence-corrected chi connectivity index (χ1v) is 11.7. The number of nitrogens with zero attached hydrogens (tertiary/aromatic N) is 4. The molecule has 0 fully saturated rings. The number of benzene rings is 2. The quantitative estimate of drug-likeness (QED) is 0.347. The SMILES string of the molecule is COC(=O)c1cnc(N2CCc3[nH]c4ccc(-c5cccc(N(C)S(=O)[O-])c5)cc4c3C2)nc1. The molecule has 0 amide bonds. The van der Waals surface area contributed by atoms with Gasteiger partial charge in [0.05, 0.1) is 12.7 Å². The molecule has 0 saturated carbocycles. The molecule has 1 aliphatic rings. The van der Waals surface area contributed by atoms with E-state index in [9.17, 15) is 13.6 Å². The molecule has 9 nitrogen and oxygen atoms in total. The fraction of sp³-hybridized carbons (Fsp3) is 0.208. The summed E-state index contributed by atoms with van der Waals surface area (Å²) >= 11 is -2.34. The van der Waals surface area contributed by atoms with E-state index in [1.54, 1.807) is 6.07 Å². The maximum absolute atomic E-state index is 11.7. The normalized spacial score (nSPS) is 14.0. The Morgan fingerprint density at radius 2 is 1.94 bits per heavy atom. The number of anilines is 2. The number of hydrogen-bond acceptors (Lipinski definition) is 7. The molecule has 34 heavy (non-hydrogen) atoms. The van der Waals surface area contributed by atoms with Crippen LogP contribution in [0.3, 0.4) is 0 Å². The van der Waals surface area contributed by atoms with Gasteiger partial charge in [0.25, 0.3) is 0 Å². The van der Waals surface area contributed by atoms with Crippen molar-refractivity contribution in [3.63, 3.8) is 0 Å². The molecular weight excluding hydrogens is 454 g/mol. The van der Waals surface area contributed by atoms with Crippen LogP contribution in [0.15, 0.2) is 54.9 Å². The van der Waals surface area contributed by atoms with Gasteiger partial charge < -0.3 is 23.5 Å². The minimum atomic E-state index is -2.34. The maximum atomic E-state index is 11.7. The molecule has 0 aliphatic carbocycles. The molecule has 2 aromatic carbocycles. The van der Waals surface area contributed by atoms with Crippen LogP contribution in [0.25, 0.3) is 22.0 Å². The van der Waals surface area contributed by atoms with Crippen LogP contribution in [-0.2, 0) is 29.0 Å². The standard InChI is InChI=1S/C24H23N5O4S/c1-28(34(31)32)18-5-3-4-15(10-18)16-6-7-21-19(11-16)20-14-29(9-8-22(20)27-21)24-25-12-17(13-26-24)23(30)33-2/h3-7,10-13,27H,8-9,14H2,1-2H3,(H,31,32)/p-1. The van der Waals surface area contributed by atoms with Crippen molar-refractivity contribution in [1.29, 1.82) is 0 Å². The van der Waals surface area contributed by atoms with Gasteiger partial charge in [0.2, 0.25) is 5.95 Å². The van der Waals surface area contributed by atoms with Crippen molar-refractivity contribution in [2.45, 2.75) is 13.0 Å². The molecule has 1 unspecified atom stereocenters. The summed E-state index contributed by atoms with van der Waals surface area (Å²) in [4.78, 5) is 26.0. The Balaban J connectivity index is 1.47. The second-order valence-corrected chi connectivity index (χ2v) is 9.02. The zero-order valence-corrected chi connectivity index (χ0v) is 19.5. The number of carbonyl (C=O) groups is 1. The third kappa shape index (κ3) is 4.02. The first-order chi connectivity index (χ1) is 16.4. The van der Waals surface area contributed by atoms with E-state index in [0.29, 0.717) is 23.7 Å². The summed E-state index contributed by atoms with van der Waals surface area (Å²) in [5, 5.41) is 1.11. The molecule has 1 aliphatic heterocycles. The van der Waals surface area contributed by atoms with E-state index in [4.69, 9.17) is 4.74 Å². The average Bonchev–Trinajstić information content (AvgIpc) is 3.25. The monoisotopic (exact) mass is 476 g/mol. The number of esters is 1. The molecule has 4 aromatic rings. The maximum Gasteiger partial charge on any atom is 0.341 e. The number of methoxy groups -OCH3 is 1. The van der Waals surface area contributed by atoms with Crippen molar-refractivity contribution in [3.05, 3.63) is 71.7 Å². The Hall–Kier alpha value is -3.76. The number of fused-ring (bicyclic) bond motifs is 3. The van der Waals surface area contributed by atoms with Gasteiger partial charge in [0.1, 0.15) is 0 Å². The Kier molecular flexibility index (Phi) is 5.76. The smallest absolute Gasteiger partial charge is 0.341 e. The average molecular weight is 477 g/mol. The summed E-state index contributed by atoms with van der Waals surface area (Å²) in [6.07, 6.45) is 3.78. The molecule has 1 N–H and O–H groups in total. The van der Waals surface area contributed by atoms with Crippen LogP contribution in [-0.4, -0.2) is 50.4 Å². The second-order valence-electron chi connectivity index (χ2n) is 8.04. The minimum absolute atomic E-state index is 0.314. The van der Waals surface area contributed by atoms with E-state index in [0.717, 1.165) is 35.0 Å². The third-order valence-corrected chi connectivity index (χ3v) is 6.74. The van der Waals surface area contributed by atoms with Gasteiger partial charge in [-0.2, -0.15) is 0 Å². The van der Waals surface area contributed by atoms with E-state index >= 15 is 0 Å². The van der Waals surface area contributed by atoms with Gasteiger partial charge in [0.15, 0.2) is 0 Å². The van der Waals surface area contributed by atoms with Gasteiger partial charge in [-0.3, -0.25) is 4.21 Å². The number of H-pyrrole nitrogens is 1. The molecule has 10 heteroatoms. The lowest BCUT2D eigenvalue weighted by Gasteiger charge is -2.27. The number of hydrogen-bond donors (Lipinski definition) is 1. The lowest BCUT2D eigenvalue weighted by atomic mass is 9.99. The van der Waals surface area contributed by atoms with Crippen LogP contribution in [0.1, 0.15) is 21.6 Å². The molecule has 5 rings (SSSR count). The predicted octanol–water partition coefficient (Wildman–Crippen LogP) is 3.20. The Bertz CT molecular complexity index is 1400. The Morgan fingerprint density at radius 3 is 2.68 bits per heavy atom. The van der Waals surface area contributed by atoms with Crippen LogP contribution < -0.4 is 9.21 Å². The number of rotatable bonds is 5. The van der Waals surface area contributed by atoms with E-state index in [2.05, 4.69) is 32.0 Å². The fourth-order valence-electron chi connectivity index (χ4n) is 4.24. The van der Waals surface area contributed by atoms with E-state index in [1.165, 1.54) is 42.1 Å². The lowest BCUT2D eigenvalue weighted by molar-refractivity contribution is 0.0599. The number of ether oxygens (including phenoxy) is 1. The van der Waals surface area contributed by atoms with Crippen LogP contribution >= 0.6 is 0 Å². The summed E-state index contributed by atoms with van der Waals surface area (Å²) in [6, 6.07) is 13.7. The molecule has 1 atom stereocenters. The van der Waals surface area contributed by atoms with E-state index < -0.39 is 17.2 Å². The third-order valence-electron chi connectivity index (χ3n) is 6.08. The zero-order valence-electron chi connectivity index (χ0n) is 18.6. The second kappa shape index (κ2) is 8.88. The highest BCUT2D eigenvalue weighted by molar-refractivity contribution is 7.80. The van der Waals surface area contributed by atoms with Crippen molar-refractivity contribution in [2.75, 3.05) is 29.9 Å². The molecule has 0 bridgehead atoms. The predicted molar refractivity (Wildman–Crippen MR) is 129 cm³/mol. The van der Waals surface area contributed by atoms with Crippen molar-refractivity contribution in [3.8, 4) is 11.1 Å². The van der Waals surface area contributed by atoms with E-state index in [-0.39, 0.29) is 0 Å². The van der Waals surface area contributed by atoms with Crippen LogP contribution in [0.5, 0.6) is 0 Å². The molecule has 0 saturated heterocycles. The summed E-state index contributed by atoms with van der Waals surface area (Å²) < 4.78 is 28.6. The fourth-order valence-corrected chi connectivity index (χ4v) is 4.53. The first kappa shape index (κ1) is 22.1. The number of carbonyl (C=O) groups excluding carboxylic acids is 1. The summed E-state index contributed by atoms with van der Waals surface area (Å²) in [7, 11) is 2.84. The van der Waals surface area contributed by atoms with Crippen molar-refractivity contribution >= 4 is 39.8 Å². The van der Waals surface area contributed by atoms with Gasteiger partial charge in [-0.25, -0.2) is 14.8 Å². The molecule has 0 spiro atoms. The van der Waals surface area contributed by atoms with E-state index in [1.807, 2.05) is 24.3 Å². The Labute approximate surface area is 198 Å². The minimum Gasteiger partial charge on any atom is -0.755 e. The summed E-state index contributed by atoms with van der Waals surface area (Å²) in [5.74, 6) is 0.0959. The van der Waals surface area contributed by atoms with Crippen LogP contribution in [0, 0.1) is 0 Å². The molecule has 174 valence electrons. The first-order valence-electron chi connectivity index (χ1n) is 10.7.